The maximum absolute atomic E-state index is 11.5. The molecular formula is C19H22N2O2S. The van der Waals surface area contributed by atoms with E-state index in [2.05, 4.69) is 41.5 Å². The monoisotopic (exact) mass is 342 g/mol. The molecule has 3 aromatic rings. The Labute approximate surface area is 142 Å². The summed E-state index contributed by atoms with van der Waals surface area (Å²) in [6.07, 6.45) is 4.14. The molecule has 0 saturated carbocycles. The Bertz CT molecular complexity index is 927. The quantitative estimate of drug-likeness (QED) is 0.721. The molecule has 0 aliphatic rings. The first-order valence-electron chi connectivity index (χ1n) is 8.03. The summed E-state index contributed by atoms with van der Waals surface area (Å²) in [5, 5.41) is 4.77. The van der Waals surface area contributed by atoms with Crippen molar-refractivity contribution >= 4 is 20.7 Å². The van der Waals surface area contributed by atoms with Gasteiger partial charge in [-0.15, -0.1) is 0 Å². The molecule has 2 aromatic carbocycles. The third kappa shape index (κ3) is 3.68. The first-order valence-corrected chi connectivity index (χ1v) is 9.92. The highest BCUT2D eigenvalue weighted by Crippen LogP contribution is 2.19. The lowest BCUT2D eigenvalue weighted by Gasteiger charge is -2.15. The molecule has 0 amide bonds. The van der Waals surface area contributed by atoms with Crippen molar-refractivity contribution in [1.29, 1.82) is 0 Å². The molecule has 1 heterocycles. The average molecular weight is 342 g/mol. The second-order valence-corrected chi connectivity index (χ2v) is 8.14. The number of fused-ring (bicyclic) bond motifs is 1. The van der Waals surface area contributed by atoms with E-state index in [1.54, 1.807) is 12.1 Å². The molecule has 0 aliphatic carbocycles. The first kappa shape index (κ1) is 16.7. The summed E-state index contributed by atoms with van der Waals surface area (Å²) >= 11 is 0. The zero-order valence-corrected chi connectivity index (χ0v) is 14.7. The predicted octanol–water partition coefficient (Wildman–Crippen LogP) is 3.46. The lowest BCUT2D eigenvalue weighted by molar-refractivity contribution is 0.576. The fraction of sp³-hybridized carbons (Fsp3) is 0.263. The second kappa shape index (κ2) is 6.79. The molecule has 0 saturated heterocycles. The topological polar surface area (TPSA) is 62.0 Å². The molecule has 1 unspecified atom stereocenters. The van der Waals surface area contributed by atoms with Crippen LogP contribution in [-0.4, -0.2) is 26.2 Å². The van der Waals surface area contributed by atoms with Gasteiger partial charge < -0.3 is 10.3 Å². The molecule has 1 aromatic heterocycles. The van der Waals surface area contributed by atoms with E-state index in [-0.39, 0.29) is 6.04 Å². The van der Waals surface area contributed by atoms with Crippen molar-refractivity contribution in [2.75, 3.05) is 12.8 Å². The van der Waals surface area contributed by atoms with Crippen molar-refractivity contribution in [3.63, 3.8) is 0 Å². The molecule has 3 rings (SSSR count). The highest BCUT2D eigenvalue weighted by Gasteiger charge is 2.09. The molecule has 0 radical (unpaired) electrons. The smallest absolute Gasteiger partial charge is 0.175 e. The van der Waals surface area contributed by atoms with Gasteiger partial charge in [-0.2, -0.15) is 0 Å². The number of benzene rings is 2. The van der Waals surface area contributed by atoms with Gasteiger partial charge in [-0.25, -0.2) is 8.42 Å². The number of rotatable bonds is 6. The van der Waals surface area contributed by atoms with Gasteiger partial charge in [-0.1, -0.05) is 24.3 Å². The number of sulfone groups is 1. The van der Waals surface area contributed by atoms with Gasteiger partial charge >= 0.3 is 0 Å². The molecule has 4 nitrogen and oxygen atoms in total. The Kier molecular flexibility index (Phi) is 4.73. The Morgan fingerprint density at radius 1 is 1.08 bits per heavy atom. The number of hydrogen-bond acceptors (Lipinski definition) is 3. The molecule has 2 N–H and O–H groups in total. The third-order valence-corrected chi connectivity index (χ3v) is 5.47. The second-order valence-electron chi connectivity index (χ2n) is 6.12. The van der Waals surface area contributed by atoms with E-state index in [0.717, 1.165) is 24.0 Å². The minimum atomic E-state index is -3.14. The maximum Gasteiger partial charge on any atom is 0.175 e. The van der Waals surface area contributed by atoms with E-state index >= 15 is 0 Å². The SMILES string of the molecule is CC(NCCc1cccc2[nH]ccc12)c1ccc(S(C)(=O)=O)cc1. The van der Waals surface area contributed by atoms with Gasteiger partial charge in [0.2, 0.25) is 0 Å². The average Bonchev–Trinajstić information content (AvgIpc) is 3.03. The molecule has 0 aliphatic heterocycles. The zero-order valence-electron chi connectivity index (χ0n) is 13.9. The Morgan fingerprint density at radius 2 is 1.83 bits per heavy atom. The molecule has 126 valence electrons. The van der Waals surface area contributed by atoms with Crippen LogP contribution >= 0.6 is 0 Å². The summed E-state index contributed by atoms with van der Waals surface area (Å²) in [4.78, 5) is 3.59. The Hall–Kier alpha value is -2.11. The van der Waals surface area contributed by atoms with Crippen molar-refractivity contribution in [1.82, 2.24) is 10.3 Å². The van der Waals surface area contributed by atoms with Gasteiger partial charge in [-0.3, -0.25) is 0 Å². The van der Waals surface area contributed by atoms with Crippen LogP contribution in [0.4, 0.5) is 0 Å². The largest absolute Gasteiger partial charge is 0.361 e. The van der Waals surface area contributed by atoms with Gasteiger partial charge in [-0.05, 0) is 55.3 Å². The molecular weight excluding hydrogens is 320 g/mol. The van der Waals surface area contributed by atoms with Crippen LogP contribution in [0.1, 0.15) is 24.1 Å². The predicted molar refractivity (Wildman–Crippen MR) is 98.0 cm³/mol. The van der Waals surface area contributed by atoms with E-state index in [4.69, 9.17) is 0 Å². The molecule has 5 heteroatoms. The minimum absolute atomic E-state index is 0.170. The third-order valence-electron chi connectivity index (χ3n) is 4.34. The van der Waals surface area contributed by atoms with Crippen LogP contribution in [0.15, 0.2) is 59.6 Å². The van der Waals surface area contributed by atoms with Gasteiger partial charge in [0.1, 0.15) is 0 Å². The van der Waals surface area contributed by atoms with Crippen LogP contribution in [0, 0.1) is 0 Å². The van der Waals surface area contributed by atoms with Crippen molar-refractivity contribution in [2.45, 2.75) is 24.3 Å². The van der Waals surface area contributed by atoms with E-state index in [1.807, 2.05) is 18.3 Å². The number of aromatic nitrogens is 1. The fourth-order valence-electron chi connectivity index (χ4n) is 2.91. The summed E-state index contributed by atoms with van der Waals surface area (Å²) in [7, 11) is -3.14. The lowest BCUT2D eigenvalue weighted by Crippen LogP contribution is -2.21. The van der Waals surface area contributed by atoms with Gasteiger partial charge in [0.05, 0.1) is 4.90 Å². The molecule has 0 fully saturated rings. The molecule has 24 heavy (non-hydrogen) atoms. The van der Waals surface area contributed by atoms with Crippen LogP contribution in [0.3, 0.4) is 0 Å². The molecule has 0 spiro atoms. The van der Waals surface area contributed by atoms with Crippen LogP contribution in [0.2, 0.25) is 0 Å². The number of nitrogens with one attached hydrogen (secondary N) is 2. The van der Waals surface area contributed by atoms with E-state index in [0.29, 0.717) is 4.90 Å². The van der Waals surface area contributed by atoms with E-state index < -0.39 is 9.84 Å². The zero-order chi connectivity index (χ0) is 17.2. The number of H-pyrrole nitrogens is 1. The van der Waals surface area contributed by atoms with Crippen molar-refractivity contribution in [3.8, 4) is 0 Å². The van der Waals surface area contributed by atoms with E-state index in [1.165, 1.54) is 17.2 Å². The molecule has 1 atom stereocenters. The highest BCUT2D eigenvalue weighted by molar-refractivity contribution is 7.90. The van der Waals surface area contributed by atoms with Crippen molar-refractivity contribution in [2.24, 2.45) is 0 Å². The lowest BCUT2D eigenvalue weighted by atomic mass is 10.1. The Morgan fingerprint density at radius 3 is 2.54 bits per heavy atom. The van der Waals surface area contributed by atoms with Crippen LogP contribution in [0.5, 0.6) is 0 Å². The first-order chi connectivity index (χ1) is 11.4. The minimum Gasteiger partial charge on any atom is -0.361 e. The highest BCUT2D eigenvalue weighted by atomic mass is 32.2. The van der Waals surface area contributed by atoms with Gasteiger partial charge in [0.25, 0.3) is 0 Å². The van der Waals surface area contributed by atoms with Crippen LogP contribution in [0.25, 0.3) is 10.9 Å². The van der Waals surface area contributed by atoms with Crippen LogP contribution < -0.4 is 5.32 Å². The molecule has 0 bridgehead atoms. The summed E-state index contributed by atoms with van der Waals surface area (Å²) < 4.78 is 23.0. The Balaban J connectivity index is 1.61. The van der Waals surface area contributed by atoms with Crippen molar-refractivity contribution in [3.05, 3.63) is 65.9 Å². The number of hydrogen-bond donors (Lipinski definition) is 2. The normalized spacial score (nSPS) is 13.2. The summed E-state index contributed by atoms with van der Waals surface area (Å²) in [5.74, 6) is 0. The van der Waals surface area contributed by atoms with Gasteiger partial charge in [0, 0.05) is 29.4 Å². The summed E-state index contributed by atoms with van der Waals surface area (Å²) in [5.41, 5.74) is 3.57. The maximum atomic E-state index is 11.5. The number of aromatic amines is 1. The van der Waals surface area contributed by atoms with Crippen LogP contribution in [-0.2, 0) is 16.3 Å². The fourth-order valence-corrected chi connectivity index (χ4v) is 3.54. The van der Waals surface area contributed by atoms with Crippen molar-refractivity contribution < 1.29 is 8.42 Å². The standard InChI is InChI=1S/C19H22N2O2S/c1-14(15-6-8-17(9-7-15)24(2,22)23)20-12-10-16-4-3-5-19-18(16)11-13-21-19/h3-9,11,13-14,20-21H,10,12H2,1-2H3. The van der Waals surface area contributed by atoms with Gasteiger partial charge in [0.15, 0.2) is 9.84 Å². The van der Waals surface area contributed by atoms with E-state index in [9.17, 15) is 8.42 Å². The summed E-state index contributed by atoms with van der Waals surface area (Å²) in [6, 6.07) is 15.7. The summed E-state index contributed by atoms with van der Waals surface area (Å²) in [6.45, 7) is 2.95.